The Labute approximate surface area is 114 Å². The van der Waals surface area contributed by atoms with Gasteiger partial charge in [-0.15, -0.1) is 0 Å². The highest BCUT2D eigenvalue weighted by Gasteiger charge is 2.51. The molecule has 0 spiro atoms. The fourth-order valence-electron chi connectivity index (χ4n) is 2.07. The summed E-state index contributed by atoms with van der Waals surface area (Å²) < 4.78 is 4.66. The molecular formula is C11H20Br2O3. The molecule has 0 aliphatic carbocycles. The lowest BCUT2D eigenvalue weighted by atomic mass is 9.74. The summed E-state index contributed by atoms with van der Waals surface area (Å²) in [5.74, 6) is 0.0549. The van der Waals surface area contributed by atoms with Crippen LogP contribution in [-0.4, -0.2) is 44.8 Å². The smallest absolute Gasteiger partial charge is 0.0844 e. The van der Waals surface area contributed by atoms with Gasteiger partial charge in [0.05, 0.1) is 22.6 Å². The van der Waals surface area contributed by atoms with E-state index < -0.39 is 16.0 Å². The van der Waals surface area contributed by atoms with Gasteiger partial charge < -0.3 is 14.9 Å². The van der Waals surface area contributed by atoms with Crippen LogP contribution in [0.25, 0.3) is 0 Å². The predicted molar refractivity (Wildman–Crippen MR) is 71.3 cm³/mol. The van der Waals surface area contributed by atoms with E-state index in [1.807, 2.05) is 6.92 Å². The van der Waals surface area contributed by atoms with Gasteiger partial charge in [-0.25, -0.2) is 0 Å². The lowest BCUT2D eigenvalue weighted by molar-refractivity contribution is -0.104. The molecule has 0 saturated carbocycles. The second-order valence-electron chi connectivity index (χ2n) is 4.81. The number of halogens is 2. The van der Waals surface area contributed by atoms with Gasteiger partial charge in [0.2, 0.25) is 0 Å². The number of rotatable bonds is 4. The summed E-state index contributed by atoms with van der Waals surface area (Å²) in [6.45, 7) is 4.93. The van der Waals surface area contributed by atoms with Gasteiger partial charge in [-0.1, -0.05) is 31.9 Å². The van der Waals surface area contributed by atoms with E-state index in [9.17, 15) is 10.2 Å². The molecule has 1 saturated heterocycles. The Morgan fingerprint density at radius 2 is 2.12 bits per heavy atom. The first kappa shape index (κ1) is 14.9. The molecule has 16 heavy (non-hydrogen) atoms. The Morgan fingerprint density at radius 3 is 2.56 bits per heavy atom. The molecule has 1 rings (SSSR count). The van der Waals surface area contributed by atoms with E-state index in [1.165, 1.54) is 0 Å². The first-order valence-corrected chi connectivity index (χ1v) is 7.48. The van der Waals surface area contributed by atoms with Gasteiger partial charge in [-0.2, -0.15) is 0 Å². The predicted octanol–water partition coefficient (Wildman–Crippen LogP) is 2.07. The van der Waals surface area contributed by atoms with Crippen molar-refractivity contribution in [3.05, 3.63) is 0 Å². The quantitative estimate of drug-likeness (QED) is 0.755. The van der Waals surface area contributed by atoms with Crippen LogP contribution in [0.3, 0.4) is 0 Å². The lowest BCUT2D eigenvalue weighted by Crippen LogP contribution is -2.59. The minimum absolute atomic E-state index is 0.0549. The highest BCUT2D eigenvalue weighted by Crippen LogP contribution is 2.42. The zero-order valence-corrected chi connectivity index (χ0v) is 12.9. The number of hydrogen-bond donors (Lipinski definition) is 2. The summed E-state index contributed by atoms with van der Waals surface area (Å²) in [5, 5.41) is 21.0. The van der Waals surface area contributed by atoms with E-state index in [0.717, 1.165) is 19.4 Å². The zero-order chi connectivity index (χ0) is 12.4. The molecule has 96 valence electrons. The molecule has 3 nitrogen and oxygen atoms in total. The van der Waals surface area contributed by atoms with Crippen molar-refractivity contribution in [2.24, 2.45) is 5.92 Å². The summed E-state index contributed by atoms with van der Waals surface area (Å²) in [4.78, 5) is 0. The van der Waals surface area contributed by atoms with Gasteiger partial charge in [0.15, 0.2) is 0 Å². The van der Waals surface area contributed by atoms with E-state index in [4.69, 9.17) is 4.74 Å². The molecular weight excluding hydrogens is 340 g/mol. The third-order valence-electron chi connectivity index (χ3n) is 3.72. The summed E-state index contributed by atoms with van der Waals surface area (Å²) >= 11 is 6.72. The third kappa shape index (κ3) is 2.80. The van der Waals surface area contributed by atoms with Crippen LogP contribution in [0.5, 0.6) is 0 Å². The van der Waals surface area contributed by atoms with E-state index in [2.05, 4.69) is 31.9 Å². The number of aliphatic hydroxyl groups excluding tert-OH is 1. The van der Waals surface area contributed by atoms with Crippen molar-refractivity contribution in [3.8, 4) is 0 Å². The molecule has 0 aromatic carbocycles. The van der Waals surface area contributed by atoms with Gasteiger partial charge in [-0.3, -0.25) is 0 Å². The molecule has 5 heteroatoms. The molecule has 4 atom stereocenters. The van der Waals surface area contributed by atoms with Crippen LogP contribution >= 0.6 is 31.9 Å². The molecule has 0 bridgehead atoms. The molecule has 4 unspecified atom stereocenters. The topological polar surface area (TPSA) is 49.7 Å². The van der Waals surface area contributed by atoms with E-state index in [1.54, 1.807) is 6.92 Å². The first-order valence-electron chi connectivity index (χ1n) is 5.57. The van der Waals surface area contributed by atoms with Crippen molar-refractivity contribution in [1.82, 2.24) is 0 Å². The molecule has 0 aromatic rings. The first-order chi connectivity index (χ1) is 7.34. The Kier molecular flexibility index (Phi) is 5.26. The minimum atomic E-state index is -0.999. The molecule has 0 aromatic heterocycles. The van der Waals surface area contributed by atoms with Gasteiger partial charge in [0, 0.05) is 17.9 Å². The van der Waals surface area contributed by atoms with Gasteiger partial charge in [0.25, 0.3) is 0 Å². The fraction of sp³-hybridized carbons (Fsp3) is 1.00. The maximum absolute atomic E-state index is 10.7. The molecule has 0 radical (unpaired) electrons. The number of ether oxygens (including phenoxy) is 1. The van der Waals surface area contributed by atoms with Gasteiger partial charge >= 0.3 is 0 Å². The molecule has 2 N–H and O–H groups in total. The SMILES string of the molecule is CC(O)(C1CCCOC1)C(C)(Br)C(O)CBr. The Hall–Kier alpha value is 0.840. The molecule has 1 aliphatic rings. The largest absolute Gasteiger partial charge is 0.391 e. The number of alkyl halides is 2. The van der Waals surface area contributed by atoms with Crippen LogP contribution in [-0.2, 0) is 4.74 Å². The maximum Gasteiger partial charge on any atom is 0.0844 e. The van der Waals surface area contributed by atoms with Crippen LogP contribution < -0.4 is 0 Å². The molecule has 1 fully saturated rings. The van der Waals surface area contributed by atoms with Crippen molar-refractivity contribution < 1.29 is 14.9 Å². The molecule has 0 amide bonds. The maximum atomic E-state index is 10.7. The normalized spacial score (nSPS) is 31.5. The Balaban J connectivity index is 2.81. The van der Waals surface area contributed by atoms with E-state index >= 15 is 0 Å². The summed E-state index contributed by atoms with van der Waals surface area (Å²) in [6.07, 6.45) is 1.25. The van der Waals surface area contributed by atoms with Crippen molar-refractivity contribution in [2.45, 2.75) is 42.7 Å². The second kappa shape index (κ2) is 5.65. The highest BCUT2D eigenvalue weighted by molar-refractivity contribution is 9.10. The standard InChI is InChI=1S/C11H20Br2O3/c1-10(13,9(14)6-12)11(2,15)8-4-3-5-16-7-8/h8-9,14-15H,3-7H2,1-2H3. The second-order valence-corrected chi connectivity index (χ2v) is 7.10. The Morgan fingerprint density at radius 1 is 1.50 bits per heavy atom. The summed E-state index contributed by atoms with van der Waals surface area (Å²) in [7, 11) is 0. The zero-order valence-electron chi connectivity index (χ0n) is 9.75. The minimum Gasteiger partial charge on any atom is -0.391 e. The Bertz CT molecular complexity index is 225. The van der Waals surface area contributed by atoms with Crippen LogP contribution in [0, 0.1) is 5.92 Å². The summed E-state index contributed by atoms with van der Waals surface area (Å²) in [6, 6.07) is 0. The third-order valence-corrected chi connectivity index (χ3v) is 5.66. The number of hydrogen-bond acceptors (Lipinski definition) is 3. The van der Waals surface area contributed by atoms with Gasteiger partial charge in [0.1, 0.15) is 0 Å². The lowest BCUT2D eigenvalue weighted by Gasteiger charge is -2.47. The van der Waals surface area contributed by atoms with Crippen molar-refractivity contribution in [1.29, 1.82) is 0 Å². The monoisotopic (exact) mass is 358 g/mol. The van der Waals surface area contributed by atoms with Crippen LogP contribution in [0.2, 0.25) is 0 Å². The number of aliphatic hydroxyl groups is 2. The highest BCUT2D eigenvalue weighted by atomic mass is 79.9. The van der Waals surface area contributed by atoms with E-state index in [-0.39, 0.29) is 5.92 Å². The van der Waals surface area contributed by atoms with Crippen LogP contribution in [0.4, 0.5) is 0 Å². The fourth-order valence-corrected chi connectivity index (χ4v) is 3.63. The van der Waals surface area contributed by atoms with Crippen molar-refractivity contribution in [3.63, 3.8) is 0 Å². The van der Waals surface area contributed by atoms with Gasteiger partial charge in [-0.05, 0) is 26.7 Å². The van der Waals surface area contributed by atoms with E-state index in [0.29, 0.717) is 11.9 Å². The molecule has 1 heterocycles. The molecule has 1 aliphatic heterocycles. The van der Waals surface area contributed by atoms with Crippen LogP contribution in [0.1, 0.15) is 26.7 Å². The van der Waals surface area contributed by atoms with Crippen molar-refractivity contribution >= 4 is 31.9 Å². The summed E-state index contributed by atoms with van der Waals surface area (Å²) in [5.41, 5.74) is -0.999. The van der Waals surface area contributed by atoms with Crippen molar-refractivity contribution in [2.75, 3.05) is 18.5 Å². The van der Waals surface area contributed by atoms with Crippen LogP contribution in [0.15, 0.2) is 0 Å². The average Bonchev–Trinajstić information content (AvgIpc) is 2.28. The average molecular weight is 360 g/mol.